The van der Waals surface area contributed by atoms with Gasteiger partial charge < -0.3 is 19.3 Å². The van der Waals surface area contributed by atoms with Crippen LogP contribution in [0, 0.1) is 0 Å². The van der Waals surface area contributed by atoms with Crippen LogP contribution in [0.3, 0.4) is 0 Å². The van der Waals surface area contributed by atoms with E-state index in [0.717, 1.165) is 5.56 Å². The number of rotatable bonds is 7. The quantitative estimate of drug-likeness (QED) is 0.538. The number of hydrogen-bond acceptors (Lipinski definition) is 6. The van der Waals surface area contributed by atoms with Crippen molar-refractivity contribution in [2.75, 3.05) is 7.11 Å². The number of amides is 1. The lowest BCUT2D eigenvalue weighted by atomic mass is 9.96. The summed E-state index contributed by atoms with van der Waals surface area (Å²) in [5, 5.41) is 7.12. The predicted octanol–water partition coefficient (Wildman–Crippen LogP) is 5.32. The molecule has 0 saturated heterocycles. The third-order valence-corrected chi connectivity index (χ3v) is 4.90. The molecular weight excluding hydrogens is 406 g/mol. The molecule has 0 aliphatic rings. The van der Waals surface area contributed by atoms with Crippen LogP contribution in [-0.4, -0.2) is 29.3 Å². The molecule has 1 atom stereocenters. The first-order valence-corrected chi connectivity index (χ1v) is 10.7. The van der Waals surface area contributed by atoms with E-state index < -0.39 is 0 Å². The van der Waals surface area contributed by atoms with Gasteiger partial charge >= 0.3 is 0 Å². The van der Waals surface area contributed by atoms with Gasteiger partial charge in [0.1, 0.15) is 0 Å². The van der Waals surface area contributed by atoms with E-state index in [1.54, 1.807) is 19.2 Å². The van der Waals surface area contributed by atoms with E-state index >= 15 is 0 Å². The van der Waals surface area contributed by atoms with Gasteiger partial charge in [-0.3, -0.25) is 4.79 Å². The highest BCUT2D eigenvalue weighted by Gasteiger charge is 2.24. The first-order chi connectivity index (χ1) is 15.1. The van der Waals surface area contributed by atoms with Crippen molar-refractivity contribution in [2.24, 2.45) is 0 Å². The minimum absolute atomic E-state index is 0.0341. The van der Waals surface area contributed by atoms with Crippen LogP contribution in [0.25, 0.3) is 11.5 Å². The monoisotopic (exact) mass is 437 g/mol. The van der Waals surface area contributed by atoms with Gasteiger partial charge in [0.05, 0.1) is 30.4 Å². The summed E-state index contributed by atoms with van der Waals surface area (Å²) in [5.74, 6) is 1.97. The second-order valence-electron chi connectivity index (χ2n) is 8.99. The molecule has 0 spiro atoms. The summed E-state index contributed by atoms with van der Waals surface area (Å²) >= 11 is 0. The number of benzene rings is 2. The molecule has 1 N–H and O–H groups in total. The van der Waals surface area contributed by atoms with Crippen molar-refractivity contribution in [1.29, 1.82) is 0 Å². The van der Waals surface area contributed by atoms with Crippen LogP contribution in [0.1, 0.15) is 69.3 Å². The molecule has 0 radical (unpaired) electrons. The molecule has 0 saturated carbocycles. The van der Waals surface area contributed by atoms with Crippen molar-refractivity contribution >= 4 is 5.91 Å². The Morgan fingerprint density at radius 3 is 2.41 bits per heavy atom. The minimum atomic E-state index is -0.259. The van der Waals surface area contributed by atoms with Crippen molar-refractivity contribution < 1.29 is 18.8 Å². The van der Waals surface area contributed by atoms with E-state index in [9.17, 15) is 4.79 Å². The Morgan fingerprint density at radius 1 is 1.06 bits per heavy atom. The zero-order chi connectivity index (χ0) is 23.5. The lowest BCUT2D eigenvalue weighted by molar-refractivity contribution is 0.0940. The van der Waals surface area contributed by atoms with Crippen molar-refractivity contribution in [3.8, 4) is 23.0 Å². The van der Waals surface area contributed by atoms with E-state index in [1.807, 2.05) is 71.9 Å². The maximum Gasteiger partial charge on any atom is 0.258 e. The Kier molecular flexibility index (Phi) is 6.87. The molecular formula is C25H31N3O4. The van der Waals surface area contributed by atoms with Gasteiger partial charge in [0.25, 0.3) is 11.8 Å². The molecule has 32 heavy (non-hydrogen) atoms. The average molecular weight is 438 g/mol. The van der Waals surface area contributed by atoms with Gasteiger partial charge in [-0.05, 0) is 50.6 Å². The van der Waals surface area contributed by atoms with Crippen molar-refractivity contribution in [1.82, 2.24) is 15.5 Å². The van der Waals surface area contributed by atoms with E-state index in [0.29, 0.717) is 34.3 Å². The van der Waals surface area contributed by atoms with E-state index in [1.165, 1.54) is 0 Å². The van der Waals surface area contributed by atoms with Crippen LogP contribution >= 0.6 is 0 Å². The fraction of sp³-hybridized carbons (Fsp3) is 0.400. The number of methoxy groups -OCH3 is 1. The van der Waals surface area contributed by atoms with E-state index in [-0.39, 0.29) is 23.5 Å². The number of nitrogens with zero attached hydrogens (tertiary/aromatic N) is 2. The largest absolute Gasteiger partial charge is 0.493 e. The molecule has 1 heterocycles. The summed E-state index contributed by atoms with van der Waals surface area (Å²) in [5.41, 5.74) is 1.71. The molecule has 2 aromatic carbocycles. The molecule has 0 fully saturated rings. The van der Waals surface area contributed by atoms with Gasteiger partial charge in [-0.15, -0.1) is 0 Å². The summed E-state index contributed by atoms with van der Waals surface area (Å²) in [6, 6.07) is 12.6. The van der Waals surface area contributed by atoms with Crippen LogP contribution in [-0.2, 0) is 5.41 Å². The van der Waals surface area contributed by atoms with Crippen LogP contribution in [0.2, 0.25) is 0 Å². The highest BCUT2D eigenvalue weighted by molar-refractivity contribution is 6.00. The van der Waals surface area contributed by atoms with E-state index in [4.69, 9.17) is 14.0 Å². The summed E-state index contributed by atoms with van der Waals surface area (Å²) in [4.78, 5) is 17.6. The number of ether oxygens (including phenoxy) is 2. The zero-order valence-corrected chi connectivity index (χ0v) is 19.7. The van der Waals surface area contributed by atoms with Crippen LogP contribution < -0.4 is 14.8 Å². The van der Waals surface area contributed by atoms with Crippen LogP contribution in [0.15, 0.2) is 47.0 Å². The summed E-state index contributed by atoms with van der Waals surface area (Å²) in [6.07, 6.45) is 0.0341. The fourth-order valence-corrected chi connectivity index (χ4v) is 3.17. The van der Waals surface area contributed by atoms with Crippen molar-refractivity contribution in [3.05, 3.63) is 59.4 Å². The molecule has 3 aromatic rings. The Hall–Kier alpha value is -3.35. The van der Waals surface area contributed by atoms with Crippen molar-refractivity contribution in [3.63, 3.8) is 0 Å². The molecule has 1 aromatic heterocycles. The molecule has 1 unspecified atom stereocenters. The molecule has 0 aliphatic carbocycles. The predicted molar refractivity (Wildman–Crippen MR) is 123 cm³/mol. The third kappa shape index (κ3) is 5.28. The van der Waals surface area contributed by atoms with Crippen LogP contribution in [0.4, 0.5) is 0 Å². The smallest absolute Gasteiger partial charge is 0.258 e. The Balaban J connectivity index is 1.83. The normalized spacial score (nSPS) is 12.5. The fourth-order valence-electron chi connectivity index (χ4n) is 3.17. The van der Waals surface area contributed by atoms with Gasteiger partial charge in [-0.25, -0.2) is 0 Å². The number of hydrogen-bond donors (Lipinski definition) is 1. The second kappa shape index (κ2) is 9.42. The van der Waals surface area contributed by atoms with E-state index in [2.05, 4.69) is 15.5 Å². The molecule has 0 bridgehead atoms. The lowest BCUT2D eigenvalue weighted by Crippen LogP contribution is -2.27. The Labute approximate surface area is 189 Å². The minimum Gasteiger partial charge on any atom is -0.493 e. The second-order valence-corrected chi connectivity index (χ2v) is 8.99. The lowest BCUT2D eigenvalue weighted by Gasteiger charge is -2.18. The maximum absolute atomic E-state index is 13.1. The standard InChI is InChI=1S/C25H31N3O4/c1-15(2)31-20-13-12-17(14-21(20)30-7)16(3)26-22(29)18-10-8-9-11-19(18)23-27-24(28-32-23)25(4,5)6/h8-16H,1-7H3,(H,26,29). The third-order valence-electron chi connectivity index (χ3n) is 4.90. The van der Waals surface area contributed by atoms with Gasteiger partial charge in [-0.1, -0.05) is 44.1 Å². The summed E-state index contributed by atoms with van der Waals surface area (Å²) in [6.45, 7) is 11.9. The highest BCUT2D eigenvalue weighted by atomic mass is 16.5. The van der Waals surface area contributed by atoms with Gasteiger partial charge in [0, 0.05) is 5.41 Å². The number of aromatic nitrogens is 2. The molecule has 7 heteroatoms. The highest BCUT2D eigenvalue weighted by Crippen LogP contribution is 2.31. The van der Waals surface area contributed by atoms with Gasteiger partial charge in [0.15, 0.2) is 17.3 Å². The number of carbonyl (C=O) groups is 1. The molecule has 7 nitrogen and oxygen atoms in total. The summed E-state index contributed by atoms with van der Waals surface area (Å²) in [7, 11) is 1.60. The number of carbonyl (C=O) groups excluding carboxylic acids is 1. The van der Waals surface area contributed by atoms with Gasteiger partial charge in [-0.2, -0.15) is 4.98 Å². The van der Waals surface area contributed by atoms with Crippen molar-refractivity contribution in [2.45, 2.75) is 59.1 Å². The average Bonchev–Trinajstić information content (AvgIpc) is 3.24. The molecule has 0 aliphatic heterocycles. The molecule has 1 amide bonds. The zero-order valence-electron chi connectivity index (χ0n) is 19.7. The first kappa shape index (κ1) is 23.3. The first-order valence-electron chi connectivity index (χ1n) is 10.7. The number of nitrogens with one attached hydrogen (secondary N) is 1. The van der Waals surface area contributed by atoms with Gasteiger partial charge in [0.2, 0.25) is 0 Å². The maximum atomic E-state index is 13.1. The molecule has 170 valence electrons. The SMILES string of the molecule is COc1cc(C(C)NC(=O)c2ccccc2-c2nc(C(C)(C)C)no2)ccc1OC(C)C. The Bertz CT molecular complexity index is 1080. The van der Waals surface area contributed by atoms with Crippen LogP contribution in [0.5, 0.6) is 11.5 Å². The molecule has 3 rings (SSSR count). The topological polar surface area (TPSA) is 86.5 Å². The Morgan fingerprint density at radius 2 is 1.78 bits per heavy atom. The summed E-state index contributed by atoms with van der Waals surface area (Å²) < 4.78 is 16.7.